The van der Waals surface area contributed by atoms with E-state index in [0.29, 0.717) is 21.7 Å². The molecule has 0 aliphatic carbocycles. The Morgan fingerprint density at radius 1 is 0.903 bits per heavy atom. The van der Waals surface area contributed by atoms with Crippen LogP contribution < -0.4 is 15.8 Å². The van der Waals surface area contributed by atoms with Gasteiger partial charge in [0.2, 0.25) is 0 Å². The molecular formula is C23H23N5O3. The highest BCUT2D eigenvalue weighted by Gasteiger charge is 2.18. The van der Waals surface area contributed by atoms with Gasteiger partial charge in [-0.2, -0.15) is 9.98 Å². The Kier molecular flexibility index (Phi) is 6.07. The molecule has 1 aliphatic rings. The van der Waals surface area contributed by atoms with Crippen LogP contribution in [0, 0.1) is 0 Å². The number of carbonyl (C=O) groups is 2. The van der Waals surface area contributed by atoms with Crippen LogP contribution in [-0.4, -0.2) is 39.8 Å². The van der Waals surface area contributed by atoms with Gasteiger partial charge in [-0.1, -0.05) is 36.4 Å². The Bertz CT molecular complexity index is 1140. The van der Waals surface area contributed by atoms with Gasteiger partial charge in [0.05, 0.1) is 0 Å². The van der Waals surface area contributed by atoms with Crippen molar-refractivity contribution in [1.29, 1.82) is 0 Å². The second-order valence-corrected chi connectivity index (χ2v) is 7.26. The molecule has 1 aromatic heterocycles. The van der Waals surface area contributed by atoms with Gasteiger partial charge in [-0.05, 0) is 43.5 Å². The van der Waals surface area contributed by atoms with Crippen molar-refractivity contribution in [2.75, 3.05) is 23.3 Å². The van der Waals surface area contributed by atoms with Gasteiger partial charge >= 0.3 is 0 Å². The van der Waals surface area contributed by atoms with Crippen molar-refractivity contribution in [3.8, 4) is 0 Å². The summed E-state index contributed by atoms with van der Waals surface area (Å²) in [6, 6.07) is 18.8. The molecule has 1 saturated heterocycles. The summed E-state index contributed by atoms with van der Waals surface area (Å²) in [7, 11) is 0. The molecular weight excluding hydrogens is 394 g/mol. The lowest BCUT2D eigenvalue weighted by atomic mass is 10.1. The van der Waals surface area contributed by atoms with Crippen molar-refractivity contribution in [2.45, 2.75) is 19.3 Å². The molecule has 0 atom stereocenters. The number of amides is 2. The van der Waals surface area contributed by atoms with Crippen molar-refractivity contribution < 1.29 is 14.8 Å². The van der Waals surface area contributed by atoms with Crippen LogP contribution in [-0.2, 0) is 0 Å². The van der Waals surface area contributed by atoms with Crippen molar-refractivity contribution in [3.05, 3.63) is 83.5 Å². The van der Waals surface area contributed by atoms with Crippen molar-refractivity contribution >= 4 is 23.5 Å². The molecule has 0 radical (unpaired) electrons. The second-order valence-electron chi connectivity index (χ2n) is 7.26. The van der Waals surface area contributed by atoms with E-state index in [1.54, 1.807) is 60.7 Å². The Hall–Kier alpha value is -3.94. The SMILES string of the molecule is O=C(N=c1nc(N2CCCCC2)cc(NC(=O)c2ccccc2)n1O)c1ccccc1. The molecule has 2 aromatic carbocycles. The van der Waals surface area contributed by atoms with Crippen LogP contribution in [0.4, 0.5) is 11.6 Å². The third-order valence-corrected chi connectivity index (χ3v) is 5.08. The standard InChI is InChI=1S/C23H23N5O3/c29-21(17-10-4-1-5-11-17)24-20-16-19(27-14-8-3-9-15-27)25-23(28(20)31)26-22(30)18-12-6-2-7-13-18/h1-2,4-7,10-13,16,31H,3,8-9,14-15H2,(H,24,29). The second kappa shape index (κ2) is 9.25. The smallest absolute Gasteiger partial charge is 0.280 e. The molecule has 158 valence electrons. The van der Waals surface area contributed by atoms with Gasteiger partial charge in [0.25, 0.3) is 17.4 Å². The van der Waals surface area contributed by atoms with Crippen LogP contribution in [0.3, 0.4) is 0 Å². The third-order valence-electron chi connectivity index (χ3n) is 5.08. The van der Waals surface area contributed by atoms with Crippen LogP contribution in [0.5, 0.6) is 0 Å². The van der Waals surface area contributed by atoms with E-state index in [2.05, 4.69) is 20.2 Å². The summed E-state index contributed by atoms with van der Waals surface area (Å²) in [6.45, 7) is 1.61. The highest BCUT2D eigenvalue weighted by molar-refractivity contribution is 6.03. The van der Waals surface area contributed by atoms with Gasteiger partial charge in [0.1, 0.15) is 5.82 Å². The zero-order chi connectivity index (χ0) is 21.6. The molecule has 0 spiro atoms. The number of rotatable bonds is 4. The Morgan fingerprint density at radius 2 is 1.52 bits per heavy atom. The molecule has 1 aliphatic heterocycles. The fraction of sp³-hybridized carbons (Fsp3) is 0.217. The van der Waals surface area contributed by atoms with E-state index < -0.39 is 5.91 Å². The first-order chi connectivity index (χ1) is 15.1. The molecule has 2 N–H and O–H groups in total. The van der Waals surface area contributed by atoms with Gasteiger partial charge in [-0.15, -0.1) is 4.73 Å². The minimum absolute atomic E-state index is 0.0871. The van der Waals surface area contributed by atoms with Crippen molar-refractivity contribution in [1.82, 2.24) is 9.71 Å². The number of nitrogens with zero attached hydrogens (tertiary/aromatic N) is 4. The maximum atomic E-state index is 12.6. The summed E-state index contributed by atoms with van der Waals surface area (Å²) < 4.78 is 0.634. The molecule has 0 bridgehead atoms. The zero-order valence-electron chi connectivity index (χ0n) is 16.9. The minimum atomic E-state index is -0.535. The molecule has 2 amide bonds. The molecule has 8 heteroatoms. The zero-order valence-corrected chi connectivity index (χ0v) is 16.9. The maximum Gasteiger partial charge on any atom is 0.280 e. The van der Waals surface area contributed by atoms with Crippen LogP contribution in [0.15, 0.2) is 71.7 Å². The lowest BCUT2D eigenvalue weighted by molar-refractivity contribution is 0.0986. The minimum Gasteiger partial charge on any atom is -0.423 e. The van der Waals surface area contributed by atoms with E-state index in [1.165, 1.54) is 0 Å². The molecule has 31 heavy (non-hydrogen) atoms. The number of hydrogen-bond acceptors (Lipinski definition) is 5. The van der Waals surface area contributed by atoms with E-state index in [4.69, 9.17) is 0 Å². The van der Waals surface area contributed by atoms with Gasteiger partial charge in [-0.3, -0.25) is 9.59 Å². The molecule has 2 heterocycles. The van der Waals surface area contributed by atoms with Crippen LogP contribution in [0.2, 0.25) is 0 Å². The summed E-state index contributed by atoms with van der Waals surface area (Å²) in [6.07, 6.45) is 3.19. The van der Waals surface area contributed by atoms with Gasteiger partial charge in [0.15, 0.2) is 5.82 Å². The number of hydrogen-bond donors (Lipinski definition) is 2. The topological polar surface area (TPSA) is 99.8 Å². The first-order valence-electron chi connectivity index (χ1n) is 10.2. The van der Waals surface area contributed by atoms with E-state index in [0.717, 1.165) is 32.4 Å². The molecule has 4 rings (SSSR count). The predicted octanol–water partition coefficient (Wildman–Crippen LogP) is 3.10. The molecule has 3 aromatic rings. The van der Waals surface area contributed by atoms with Gasteiger partial charge < -0.3 is 15.4 Å². The number of piperidine rings is 1. The number of benzene rings is 2. The first-order valence-corrected chi connectivity index (χ1v) is 10.2. The summed E-state index contributed by atoms with van der Waals surface area (Å²) in [5.74, 6) is -0.288. The van der Waals surface area contributed by atoms with E-state index >= 15 is 0 Å². The number of carbonyl (C=O) groups excluding carboxylic acids is 2. The number of aromatic nitrogens is 2. The summed E-state index contributed by atoms with van der Waals surface area (Å²) in [4.78, 5) is 35.7. The molecule has 8 nitrogen and oxygen atoms in total. The average molecular weight is 417 g/mol. The number of anilines is 2. The monoisotopic (exact) mass is 417 g/mol. The highest BCUT2D eigenvalue weighted by Crippen LogP contribution is 2.19. The Balaban J connectivity index is 1.74. The summed E-state index contributed by atoms with van der Waals surface area (Å²) in [5, 5.41) is 13.4. The number of nitrogens with one attached hydrogen (secondary N) is 1. The van der Waals surface area contributed by atoms with Crippen LogP contribution >= 0.6 is 0 Å². The fourth-order valence-corrected chi connectivity index (χ4v) is 3.43. The van der Waals surface area contributed by atoms with Crippen LogP contribution in [0.25, 0.3) is 0 Å². The quantitative estimate of drug-likeness (QED) is 0.636. The van der Waals surface area contributed by atoms with Crippen molar-refractivity contribution in [2.24, 2.45) is 4.99 Å². The lowest BCUT2D eigenvalue weighted by Gasteiger charge is -2.28. The average Bonchev–Trinajstić information content (AvgIpc) is 2.83. The summed E-state index contributed by atoms with van der Waals surface area (Å²) >= 11 is 0. The van der Waals surface area contributed by atoms with Gasteiger partial charge in [-0.25, -0.2) is 0 Å². The summed E-state index contributed by atoms with van der Waals surface area (Å²) in [5.41, 5.74) is 0.625. The Labute approximate surface area is 179 Å². The predicted molar refractivity (Wildman–Crippen MR) is 116 cm³/mol. The molecule has 0 saturated carbocycles. The molecule has 0 unspecified atom stereocenters. The van der Waals surface area contributed by atoms with Crippen molar-refractivity contribution in [3.63, 3.8) is 0 Å². The van der Waals surface area contributed by atoms with E-state index in [1.807, 2.05) is 6.07 Å². The third kappa shape index (κ3) is 4.80. The fourth-order valence-electron chi connectivity index (χ4n) is 3.43. The maximum absolute atomic E-state index is 12.6. The highest BCUT2D eigenvalue weighted by atomic mass is 16.5. The van der Waals surface area contributed by atoms with E-state index in [-0.39, 0.29) is 17.3 Å². The van der Waals surface area contributed by atoms with Gasteiger partial charge in [0, 0.05) is 30.3 Å². The first kappa shape index (κ1) is 20.3. The molecule has 1 fully saturated rings. The normalized spacial score (nSPS) is 14.3. The van der Waals surface area contributed by atoms with Crippen LogP contribution in [0.1, 0.15) is 40.0 Å². The Morgan fingerprint density at radius 3 is 2.16 bits per heavy atom. The lowest BCUT2D eigenvalue weighted by Crippen LogP contribution is -2.35. The van der Waals surface area contributed by atoms with E-state index in [9.17, 15) is 14.8 Å². The largest absolute Gasteiger partial charge is 0.423 e.